The molecule has 0 radical (unpaired) electrons. The molecule has 0 amide bonds. The van der Waals surface area contributed by atoms with E-state index in [1.807, 2.05) is 0 Å². The van der Waals surface area contributed by atoms with E-state index < -0.39 is 11.9 Å². The highest BCUT2D eigenvalue weighted by Crippen LogP contribution is 2.19. The number of carboxylic acids is 1. The van der Waals surface area contributed by atoms with E-state index in [0.29, 0.717) is 11.4 Å². The van der Waals surface area contributed by atoms with Crippen molar-refractivity contribution in [2.45, 2.75) is 11.9 Å². The third kappa shape index (κ3) is 2.11. The minimum absolute atomic E-state index is 0.420. The third-order valence-corrected chi connectivity index (χ3v) is 3.22. The van der Waals surface area contributed by atoms with Gasteiger partial charge in [-0.15, -0.1) is 16.9 Å². The molecular weight excluding hydrogens is 230 g/mol. The summed E-state index contributed by atoms with van der Waals surface area (Å²) in [6.07, 6.45) is 3.16. The Hall–Kier alpha value is -1.70. The molecule has 84 valence electrons. The van der Waals surface area contributed by atoms with Crippen LogP contribution in [0.3, 0.4) is 0 Å². The van der Waals surface area contributed by atoms with Crippen molar-refractivity contribution in [3.8, 4) is 0 Å². The second-order valence-electron chi connectivity index (χ2n) is 3.24. The number of tetrazole rings is 1. The summed E-state index contributed by atoms with van der Waals surface area (Å²) in [5.41, 5.74) is 0.549. The summed E-state index contributed by atoms with van der Waals surface area (Å²) in [5.74, 6) is -0.781. The molecule has 0 saturated carbocycles. The van der Waals surface area contributed by atoms with Gasteiger partial charge in [-0.2, -0.15) is 4.52 Å². The molecule has 2 aromatic rings. The largest absolute Gasteiger partial charge is 0.481 e. The van der Waals surface area contributed by atoms with E-state index in [1.165, 1.54) is 16.3 Å². The van der Waals surface area contributed by atoms with Crippen LogP contribution in [-0.2, 0) is 4.79 Å². The SMILES string of the molecule is CC(CSc1cncc2nnnn12)C(=O)O. The summed E-state index contributed by atoms with van der Waals surface area (Å²) in [7, 11) is 0. The molecule has 1 N–H and O–H groups in total. The number of aromatic nitrogens is 5. The molecule has 7 nitrogen and oxygen atoms in total. The number of rotatable bonds is 4. The van der Waals surface area contributed by atoms with E-state index in [4.69, 9.17) is 5.11 Å². The fraction of sp³-hybridized carbons (Fsp3) is 0.375. The Labute approximate surface area is 94.9 Å². The molecule has 16 heavy (non-hydrogen) atoms. The average molecular weight is 239 g/mol. The molecule has 0 bridgehead atoms. The lowest BCUT2D eigenvalue weighted by Crippen LogP contribution is -2.12. The monoisotopic (exact) mass is 239 g/mol. The van der Waals surface area contributed by atoms with Crippen molar-refractivity contribution in [3.63, 3.8) is 0 Å². The molecule has 0 aliphatic heterocycles. The van der Waals surface area contributed by atoms with Crippen molar-refractivity contribution in [2.75, 3.05) is 5.75 Å². The Kier molecular flexibility index (Phi) is 3.00. The molecule has 0 saturated heterocycles. The minimum Gasteiger partial charge on any atom is -0.481 e. The quantitative estimate of drug-likeness (QED) is 0.768. The van der Waals surface area contributed by atoms with Gasteiger partial charge in [0.2, 0.25) is 0 Å². The number of hydrogen-bond acceptors (Lipinski definition) is 6. The second kappa shape index (κ2) is 4.44. The Morgan fingerprint density at radius 3 is 3.19 bits per heavy atom. The van der Waals surface area contributed by atoms with Crippen molar-refractivity contribution in [1.82, 2.24) is 25.0 Å². The highest BCUT2D eigenvalue weighted by Gasteiger charge is 2.13. The minimum atomic E-state index is -0.815. The number of carbonyl (C=O) groups is 1. The van der Waals surface area contributed by atoms with Gasteiger partial charge in [-0.1, -0.05) is 6.92 Å². The second-order valence-corrected chi connectivity index (χ2v) is 4.28. The van der Waals surface area contributed by atoms with Gasteiger partial charge in [0.05, 0.1) is 18.3 Å². The van der Waals surface area contributed by atoms with Crippen molar-refractivity contribution in [1.29, 1.82) is 0 Å². The normalized spacial score (nSPS) is 12.8. The van der Waals surface area contributed by atoms with Gasteiger partial charge in [-0.3, -0.25) is 9.78 Å². The van der Waals surface area contributed by atoms with Crippen LogP contribution in [0.2, 0.25) is 0 Å². The van der Waals surface area contributed by atoms with Crippen molar-refractivity contribution in [2.24, 2.45) is 5.92 Å². The van der Waals surface area contributed by atoms with Crippen LogP contribution in [-0.4, -0.2) is 41.9 Å². The molecule has 0 aliphatic rings. The molecule has 2 rings (SSSR count). The topological polar surface area (TPSA) is 93.3 Å². The molecule has 2 aromatic heterocycles. The molecule has 0 spiro atoms. The lowest BCUT2D eigenvalue weighted by molar-refractivity contribution is -0.140. The Morgan fingerprint density at radius 1 is 1.62 bits per heavy atom. The van der Waals surface area contributed by atoms with E-state index >= 15 is 0 Å². The van der Waals surface area contributed by atoms with Gasteiger partial charge < -0.3 is 5.11 Å². The zero-order valence-corrected chi connectivity index (χ0v) is 9.26. The standard InChI is InChI=1S/C8H9N5O2S/c1-5(8(14)15)4-16-7-3-9-2-6-10-11-12-13(6)7/h2-3,5H,4H2,1H3,(H,14,15). The summed E-state index contributed by atoms with van der Waals surface area (Å²) in [4.78, 5) is 14.6. The summed E-state index contributed by atoms with van der Waals surface area (Å²) in [5, 5.41) is 20.5. The van der Waals surface area contributed by atoms with E-state index in [0.717, 1.165) is 5.03 Å². The molecule has 8 heteroatoms. The summed E-state index contributed by atoms with van der Waals surface area (Å²) >= 11 is 1.37. The Morgan fingerprint density at radius 2 is 2.44 bits per heavy atom. The van der Waals surface area contributed by atoms with Crippen molar-refractivity contribution in [3.05, 3.63) is 12.4 Å². The van der Waals surface area contributed by atoms with Gasteiger partial charge in [0.25, 0.3) is 0 Å². The van der Waals surface area contributed by atoms with E-state index in [9.17, 15) is 4.79 Å². The number of hydrogen-bond donors (Lipinski definition) is 1. The fourth-order valence-corrected chi connectivity index (χ4v) is 1.99. The maximum atomic E-state index is 10.7. The Balaban J connectivity index is 2.15. The average Bonchev–Trinajstić information content (AvgIpc) is 2.73. The number of fused-ring (bicyclic) bond motifs is 1. The highest BCUT2D eigenvalue weighted by atomic mass is 32.2. The van der Waals surface area contributed by atoms with Crippen LogP contribution in [0.1, 0.15) is 6.92 Å². The number of thioether (sulfide) groups is 1. The van der Waals surface area contributed by atoms with Gasteiger partial charge in [-0.05, 0) is 10.4 Å². The summed E-state index contributed by atoms with van der Waals surface area (Å²) in [6, 6.07) is 0. The van der Waals surface area contributed by atoms with E-state index in [2.05, 4.69) is 20.5 Å². The first-order valence-corrected chi connectivity index (χ1v) is 5.54. The highest BCUT2D eigenvalue weighted by molar-refractivity contribution is 7.99. The lowest BCUT2D eigenvalue weighted by Gasteiger charge is -2.05. The van der Waals surface area contributed by atoms with E-state index in [1.54, 1.807) is 19.3 Å². The smallest absolute Gasteiger partial charge is 0.307 e. The predicted molar refractivity (Wildman–Crippen MR) is 56.1 cm³/mol. The molecule has 0 aliphatic carbocycles. The van der Waals surface area contributed by atoms with Crippen LogP contribution in [0.15, 0.2) is 17.4 Å². The van der Waals surface area contributed by atoms with Crippen LogP contribution in [0.25, 0.3) is 5.65 Å². The van der Waals surface area contributed by atoms with Crippen LogP contribution in [0.5, 0.6) is 0 Å². The first-order chi connectivity index (χ1) is 7.68. The molecule has 1 atom stereocenters. The van der Waals surface area contributed by atoms with Gasteiger partial charge >= 0.3 is 5.97 Å². The molecular formula is C8H9N5O2S. The fourth-order valence-electron chi connectivity index (χ4n) is 1.03. The first kappa shape index (κ1) is 10.8. The van der Waals surface area contributed by atoms with E-state index in [-0.39, 0.29) is 0 Å². The molecule has 0 fully saturated rings. The van der Waals surface area contributed by atoms with Crippen LogP contribution < -0.4 is 0 Å². The van der Waals surface area contributed by atoms with Crippen LogP contribution >= 0.6 is 11.8 Å². The molecule has 1 unspecified atom stereocenters. The third-order valence-electron chi connectivity index (χ3n) is 1.98. The summed E-state index contributed by atoms with van der Waals surface area (Å²) in [6.45, 7) is 1.66. The zero-order valence-electron chi connectivity index (χ0n) is 8.44. The van der Waals surface area contributed by atoms with Gasteiger partial charge in [0.15, 0.2) is 5.65 Å². The number of carboxylic acid groups (broad SMARTS) is 1. The van der Waals surface area contributed by atoms with Gasteiger partial charge in [-0.25, -0.2) is 0 Å². The molecule has 0 aromatic carbocycles. The van der Waals surface area contributed by atoms with Gasteiger partial charge in [0.1, 0.15) is 5.03 Å². The lowest BCUT2D eigenvalue weighted by atomic mass is 10.2. The first-order valence-electron chi connectivity index (χ1n) is 4.56. The summed E-state index contributed by atoms with van der Waals surface area (Å²) < 4.78 is 1.53. The number of aliphatic carboxylic acids is 1. The van der Waals surface area contributed by atoms with Crippen LogP contribution in [0.4, 0.5) is 0 Å². The molecule has 2 heterocycles. The van der Waals surface area contributed by atoms with Gasteiger partial charge in [0, 0.05) is 5.75 Å². The maximum absolute atomic E-state index is 10.7. The van der Waals surface area contributed by atoms with Crippen LogP contribution in [0, 0.1) is 5.92 Å². The maximum Gasteiger partial charge on any atom is 0.307 e. The van der Waals surface area contributed by atoms with Crippen molar-refractivity contribution >= 4 is 23.4 Å². The zero-order chi connectivity index (χ0) is 11.5. The Bertz CT molecular complexity index is 514. The number of nitrogens with zero attached hydrogens (tertiary/aromatic N) is 5. The van der Waals surface area contributed by atoms with Crippen molar-refractivity contribution < 1.29 is 9.90 Å². The predicted octanol–water partition coefficient (Wildman–Crippen LogP) is 0.332.